The summed E-state index contributed by atoms with van der Waals surface area (Å²) in [7, 11) is 0. The number of rotatable bonds is 1. The maximum atomic E-state index is 12.1. The van der Waals surface area contributed by atoms with Gasteiger partial charge in [-0.1, -0.05) is 6.92 Å². The minimum absolute atomic E-state index is 0.284. The van der Waals surface area contributed by atoms with Gasteiger partial charge in [-0.25, -0.2) is 0 Å². The van der Waals surface area contributed by atoms with Crippen LogP contribution in [0.25, 0.3) is 0 Å². The van der Waals surface area contributed by atoms with Gasteiger partial charge in [-0.05, 0) is 46.3 Å². The van der Waals surface area contributed by atoms with Crippen molar-refractivity contribution in [3.63, 3.8) is 0 Å². The molecular weight excluding hydrogens is 280 g/mol. The largest absolute Gasteiger partial charge is 0.336 e. The molecule has 1 aromatic rings. The van der Waals surface area contributed by atoms with Crippen LogP contribution >= 0.6 is 15.9 Å². The van der Waals surface area contributed by atoms with Crippen molar-refractivity contribution in [3.05, 3.63) is 28.0 Å². The molecule has 0 N–H and O–H groups in total. The Labute approximate surface area is 109 Å². The molecule has 2 heterocycles. The summed E-state index contributed by atoms with van der Waals surface area (Å²) < 4.78 is 1.02. The third kappa shape index (κ3) is 2.10. The summed E-state index contributed by atoms with van der Waals surface area (Å²) in [6.45, 7) is 3.67. The van der Waals surface area contributed by atoms with E-state index in [4.69, 9.17) is 0 Å². The molecule has 1 amide bonds. The average molecular weight is 295 g/mol. The molecule has 1 aliphatic carbocycles. The van der Waals surface area contributed by atoms with E-state index in [-0.39, 0.29) is 5.92 Å². The van der Waals surface area contributed by atoms with Gasteiger partial charge in [-0.2, -0.15) is 0 Å². The van der Waals surface area contributed by atoms with Crippen molar-refractivity contribution in [2.24, 2.45) is 11.8 Å². The highest BCUT2D eigenvalue weighted by molar-refractivity contribution is 9.10. The average Bonchev–Trinajstić information content (AvgIpc) is 3.05. The molecule has 2 atom stereocenters. The predicted molar refractivity (Wildman–Crippen MR) is 68.3 cm³/mol. The first-order valence-electron chi connectivity index (χ1n) is 6.07. The smallest absolute Gasteiger partial charge is 0.226 e. The summed E-state index contributed by atoms with van der Waals surface area (Å²) in [6, 6.07) is 2.11. The number of amides is 1. The Bertz CT molecular complexity index is 474. The lowest BCUT2D eigenvalue weighted by Crippen LogP contribution is -2.37. The van der Waals surface area contributed by atoms with Crippen molar-refractivity contribution in [3.8, 4) is 0 Å². The number of aromatic nitrogens is 1. The summed E-state index contributed by atoms with van der Waals surface area (Å²) >= 11 is 3.43. The molecule has 0 bridgehead atoms. The van der Waals surface area contributed by atoms with Crippen LogP contribution in [0.4, 0.5) is 0 Å². The zero-order chi connectivity index (χ0) is 12.0. The topological polar surface area (TPSA) is 33.2 Å². The molecule has 0 saturated heterocycles. The zero-order valence-electron chi connectivity index (χ0n) is 9.82. The number of carbonyl (C=O) groups is 1. The van der Waals surface area contributed by atoms with Gasteiger partial charge in [0.05, 0.1) is 12.2 Å². The Hall–Kier alpha value is -0.900. The van der Waals surface area contributed by atoms with Crippen LogP contribution in [0.5, 0.6) is 0 Å². The number of hydrogen-bond acceptors (Lipinski definition) is 2. The van der Waals surface area contributed by atoms with Crippen molar-refractivity contribution in [2.45, 2.75) is 26.3 Å². The highest BCUT2D eigenvalue weighted by Gasteiger charge is 2.42. The summed E-state index contributed by atoms with van der Waals surface area (Å²) in [5.41, 5.74) is 2.33. The molecule has 3 nitrogen and oxygen atoms in total. The molecule has 2 aliphatic rings. The zero-order valence-corrected chi connectivity index (χ0v) is 11.4. The van der Waals surface area contributed by atoms with Crippen LogP contribution < -0.4 is 0 Å². The molecule has 0 radical (unpaired) electrons. The van der Waals surface area contributed by atoms with Gasteiger partial charge in [0, 0.05) is 23.1 Å². The summed E-state index contributed by atoms with van der Waals surface area (Å²) in [6.07, 6.45) is 3.80. The van der Waals surface area contributed by atoms with E-state index >= 15 is 0 Å². The minimum atomic E-state index is 0.284. The van der Waals surface area contributed by atoms with Gasteiger partial charge in [0.2, 0.25) is 5.91 Å². The van der Waals surface area contributed by atoms with E-state index < -0.39 is 0 Å². The van der Waals surface area contributed by atoms with Crippen LogP contribution in [0.3, 0.4) is 0 Å². The van der Waals surface area contributed by atoms with Gasteiger partial charge in [0.25, 0.3) is 0 Å². The minimum Gasteiger partial charge on any atom is -0.336 e. The second kappa shape index (κ2) is 4.09. The number of fused-ring (bicyclic) bond motifs is 1. The molecule has 3 rings (SSSR count). The second-order valence-corrected chi connectivity index (χ2v) is 6.00. The van der Waals surface area contributed by atoms with E-state index in [0.717, 1.165) is 29.6 Å². The fourth-order valence-electron chi connectivity index (χ4n) is 2.47. The van der Waals surface area contributed by atoms with Crippen LogP contribution in [0.1, 0.15) is 24.6 Å². The van der Waals surface area contributed by atoms with Gasteiger partial charge in [0.1, 0.15) is 0 Å². The van der Waals surface area contributed by atoms with Crippen LogP contribution in [0.2, 0.25) is 0 Å². The van der Waals surface area contributed by atoms with E-state index in [2.05, 4.69) is 33.9 Å². The molecule has 2 unspecified atom stereocenters. The van der Waals surface area contributed by atoms with Gasteiger partial charge in [-0.15, -0.1) is 0 Å². The Balaban J connectivity index is 1.76. The number of pyridine rings is 1. The third-order valence-electron chi connectivity index (χ3n) is 3.76. The molecule has 0 spiro atoms. The number of halogens is 1. The Kier molecular flexibility index (Phi) is 2.69. The Morgan fingerprint density at radius 3 is 3.06 bits per heavy atom. The van der Waals surface area contributed by atoms with Gasteiger partial charge in [-0.3, -0.25) is 9.78 Å². The Morgan fingerprint density at radius 1 is 1.59 bits per heavy atom. The lowest BCUT2D eigenvalue weighted by molar-refractivity contribution is -0.133. The lowest BCUT2D eigenvalue weighted by atomic mass is 10.0. The maximum absolute atomic E-state index is 12.1. The number of carbonyl (C=O) groups excluding carboxylic acids is 1. The molecule has 0 aromatic carbocycles. The van der Waals surface area contributed by atoms with E-state index in [1.165, 1.54) is 5.56 Å². The first-order valence-corrected chi connectivity index (χ1v) is 6.86. The SMILES string of the molecule is CC1CC1C(=O)N1CCc2cc(Br)cnc2C1. The van der Waals surface area contributed by atoms with E-state index in [9.17, 15) is 4.79 Å². The van der Waals surface area contributed by atoms with Crippen molar-refractivity contribution in [1.29, 1.82) is 0 Å². The fourth-order valence-corrected chi connectivity index (χ4v) is 2.85. The summed E-state index contributed by atoms with van der Waals surface area (Å²) in [5, 5.41) is 0. The molecule has 1 saturated carbocycles. The second-order valence-electron chi connectivity index (χ2n) is 5.09. The van der Waals surface area contributed by atoms with Gasteiger partial charge < -0.3 is 4.90 Å². The fraction of sp³-hybridized carbons (Fsp3) is 0.538. The van der Waals surface area contributed by atoms with E-state index in [1.807, 2.05) is 11.1 Å². The highest BCUT2D eigenvalue weighted by Crippen LogP contribution is 2.39. The first kappa shape index (κ1) is 11.2. The van der Waals surface area contributed by atoms with Crippen molar-refractivity contribution < 1.29 is 4.79 Å². The van der Waals surface area contributed by atoms with Crippen LogP contribution in [0.15, 0.2) is 16.7 Å². The van der Waals surface area contributed by atoms with Gasteiger partial charge >= 0.3 is 0 Å². The van der Waals surface area contributed by atoms with Crippen molar-refractivity contribution in [2.75, 3.05) is 6.54 Å². The quantitative estimate of drug-likeness (QED) is 0.797. The predicted octanol–water partition coefficient (Wildman–Crippen LogP) is 2.38. The number of hydrogen-bond donors (Lipinski definition) is 0. The van der Waals surface area contributed by atoms with E-state index in [1.54, 1.807) is 0 Å². The Morgan fingerprint density at radius 2 is 2.35 bits per heavy atom. The molecule has 90 valence electrons. The van der Waals surface area contributed by atoms with E-state index in [0.29, 0.717) is 18.4 Å². The van der Waals surface area contributed by atoms with Gasteiger partial charge in [0.15, 0.2) is 0 Å². The lowest BCUT2D eigenvalue weighted by Gasteiger charge is -2.28. The van der Waals surface area contributed by atoms with Crippen molar-refractivity contribution in [1.82, 2.24) is 9.88 Å². The standard InChI is InChI=1S/C13H15BrN2O/c1-8-4-11(8)13(17)16-3-2-9-5-10(14)6-15-12(9)7-16/h5-6,8,11H,2-4,7H2,1H3. The summed E-state index contributed by atoms with van der Waals surface area (Å²) in [5.74, 6) is 1.20. The molecule has 17 heavy (non-hydrogen) atoms. The normalized spacial score (nSPS) is 26.6. The molecule has 1 fully saturated rings. The van der Waals surface area contributed by atoms with Crippen LogP contribution in [-0.2, 0) is 17.8 Å². The molecule has 1 aliphatic heterocycles. The van der Waals surface area contributed by atoms with Crippen molar-refractivity contribution >= 4 is 21.8 Å². The highest BCUT2D eigenvalue weighted by atomic mass is 79.9. The molecular formula is C13H15BrN2O. The maximum Gasteiger partial charge on any atom is 0.226 e. The number of nitrogens with zero attached hydrogens (tertiary/aromatic N) is 2. The molecule has 1 aromatic heterocycles. The molecule has 4 heteroatoms. The monoisotopic (exact) mass is 294 g/mol. The summed E-state index contributed by atoms with van der Waals surface area (Å²) in [4.78, 5) is 18.5. The third-order valence-corrected chi connectivity index (χ3v) is 4.19. The van der Waals surface area contributed by atoms with Crippen LogP contribution in [-0.4, -0.2) is 22.3 Å². The first-order chi connectivity index (χ1) is 8.15. The van der Waals surface area contributed by atoms with Crippen LogP contribution in [0, 0.1) is 11.8 Å².